The molecule has 0 bridgehead atoms. The lowest BCUT2D eigenvalue weighted by Crippen LogP contribution is -2.50. The zero-order valence-corrected chi connectivity index (χ0v) is 20.7. The molecule has 178 valence electrons. The highest BCUT2D eigenvalue weighted by molar-refractivity contribution is 7.10. The maximum atomic E-state index is 12.9. The summed E-state index contributed by atoms with van der Waals surface area (Å²) >= 11 is 1.59. The number of likely N-dealkylation sites (tertiary alicyclic amines) is 1. The van der Waals surface area contributed by atoms with Crippen molar-refractivity contribution in [1.82, 2.24) is 15.1 Å². The fourth-order valence-corrected chi connectivity index (χ4v) is 5.54. The van der Waals surface area contributed by atoms with Gasteiger partial charge in [-0.15, -0.1) is 11.3 Å². The number of aryl methyl sites for hydroxylation is 1. The van der Waals surface area contributed by atoms with Crippen LogP contribution in [0.25, 0.3) is 0 Å². The molecular formula is C26H36N4O2S. The van der Waals surface area contributed by atoms with Crippen molar-refractivity contribution in [1.29, 1.82) is 0 Å². The van der Waals surface area contributed by atoms with E-state index in [9.17, 15) is 9.59 Å². The van der Waals surface area contributed by atoms with E-state index in [4.69, 9.17) is 0 Å². The van der Waals surface area contributed by atoms with Crippen molar-refractivity contribution >= 4 is 28.8 Å². The van der Waals surface area contributed by atoms with Crippen molar-refractivity contribution in [2.24, 2.45) is 0 Å². The second-order valence-electron chi connectivity index (χ2n) is 9.37. The van der Waals surface area contributed by atoms with Gasteiger partial charge in [-0.25, -0.2) is 0 Å². The minimum Gasteiger partial charge on any atom is -0.369 e. The molecule has 2 atom stereocenters. The molecule has 1 N–H and O–H groups in total. The van der Waals surface area contributed by atoms with Gasteiger partial charge in [-0.05, 0) is 62.3 Å². The Bertz CT molecular complexity index is 924. The number of hydrogen-bond donors (Lipinski definition) is 1. The Morgan fingerprint density at radius 1 is 1.12 bits per heavy atom. The lowest BCUT2D eigenvalue weighted by Gasteiger charge is -2.36. The highest BCUT2D eigenvalue weighted by Gasteiger charge is 2.34. The van der Waals surface area contributed by atoms with Crippen LogP contribution in [0, 0.1) is 6.92 Å². The van der Waals surface area contributed by atoms with E-state index in [1.807, 2.05) is 17.5 Å². The number of carbonyl (C=O) groups is 2. The molecule has 2 aromatic rings. The van der Waals surface area contributed by atoms with Crippen LogP contribution in [0.3, 0.4) is 0 Å². The number of nitrogens with zero attached hydrogens (tertiary/aromatic N) is 3. The molecule has 0 spiro atoms. The van der Waals surface area contributed by atoms with Crippen LogP contribution in [-0.4, -0.2) is 73.0 Å². The van der Waals surface area contributed by atoms with E-state index in [2.05, 4.69) is 53.2 Å². The Kier molecular flexibility index (Phi) is 8.04. The molecule has 2 amide bonds. The van der Waals surface area contributed by atoms with Crippen molar-refractivity contribution in [2.75, 3.05) is 44.2 Å². The van der Waals surface area contributed by atoms with Gasteiger partial charge < -0.3 is 15.1 Å². The molecule has 4 rings (SSSR count). The molecule has 0 radical (unpaired) electrons. The van der Waals surface area contributed by atoms with Crippen LogP contribution in [0.15, 0.2) is 41.8 Å². The van der Waals surface area contributed by atoms with E-state index >= 15 is 0 Å². The normalized spacial score (nSPS) is 20.1. The molecule has 2 fully saturated rings. The summed E-state index contributed by atoms with van der Waals surface area (Å²) in [6.45, 7) is 10.0. The smallest absolute Gasteiger partial charge is 0.243 e. The summed E-state index contributed by atoms with van der Waals surface area (Å²) in [5.41, 5.74) is 2.61. The van der Waals surface area contributed by atoms with Gasteiger partial charge in [0, 0.05) is 55.9 Å². The maximum absolute atomic E-state index is 12.9. The van der Waals surface area contributed by atoms with Crippen LogP contribution in [0.5, 0.6) is 0 Å². The van der Waals surface area contributed by atoms with E-state index in [1.165, 1.54) is 11.3 Å². The molecular weight excluding hydrogens is 432 g/mol. The van der Waals surface area contributed by atoms with Gasteiger partial charge in [-0.1, -0.05) is 18.2 Å². The van der Waals surface area contributed by atoms with Crippen molar-refractivity contribution < 1.29 is 9.59 Å². The summed E-state index contributed by atoms with van der Waals surface area (Å²) in [7, 11) is 0. The van der Waals surface area contributed by atoms with Gasteiger partial charge in [-0.3, -0.25) is 14.5 Å². The SMILES string of the molecule is Cc1cccc(N2CCN(CCC(C)NC(=O)C3CCCN3C(=O)Cc3cccs3)CC2)c1. The summed E-state index contributed by atoms with van der Waals surface area (Å²) in [6.07, 6.45) is 2.97. The molecule has 0 saturated carbocycles. The first-order valence-corrected chi connectivity index (χ1v) is 13.0. The number of piperazine rings is 1. The molecule has 1 aromatic carbocycles. The highest BCUT2D eigenvalue weighted by atomic mass is 32.1. The number of hydrogen-bond acceptors (Lipinski definition) is 5. The lowest BCUT2D eigenvalue weighted by atomic mass is 10.1. The van der Waals surface area contributed by atoms with E-state index in [0.29, 0.717) is 13.0 Å². The number of rotatable bonds is 8. The molecule has 2 saturated heterocycles. The Hall–Kier alpha value is -2.38. The fraction of sp³-hybridized carbons (Fsp3) is 0.538. The van der Waals surface area contributed by atoms with Gasteiger partial charge in [0.25, 0.3) is 0 Å². The van der Waals surface area contributed by atoms with Crippen molar-refractivity contribution in [3.05, 3.63) is 52.2 Å². The Labute approximate surface area is 201 Å². The minimum absolute atomic E-state index is 0.00352. The van der Waals surface area contributed by atoms with Gasteiger partial charge >= 0.3 is 0 Å². The van der Waals surface area contributed by atoms with E-state index in [1.54, 1.807) is 16.2 Å². The monoisotopic (exact) mass is 468 g/mol. The van der Waals surface area contributed by atoms with Gasteiger partial charge in [0.1, 0.15) is 6.04 Å². The first-order valence-electron chi connectivity index (χ1n) is 12.2. The number of carbonyl (C=O) groups excluding carboxylic acids is 2. The third-order valence-corrected chi connectivity index (χ3v) is 7.66. The summed E-state index contributed by atoms with van der Waals surface area (Å²) in [4.78, 5) is 33.4. The average molecular weight is 469 g/mol. The first-order chi connectivity index (χ1) is 16.0. The molecule has 2 aliphatic heterocycles. The molecule has 2 unspecified atom stereocenters. The van der Waals surface area contributed by atoms with Gasteiger partial charge in [-0.2, -0.15) is 0 Å². The quantitative estimate of drug-likeness (QED) is 0.646. The van der Waals surface area contributed by atoms with E-state index in [0.717, 1.165) is 56.9 Å². The van der Waals surface area contributed by atoms with Crippen LogP contribution in [0.4, 0.5) is 5.69 Å². The number of anilines is 1. The molecule has 3 heterocycles. The van der Waals surface area contributed by atoms with Crippen LogP contribution in [-0.2, 0) is 16.0 Å². The zero-order valence-electron chi connectivity index (χ0n) is 19.8. The van der Waals surface area contributed by atoms with Crippen molar-refractivity contribution in [3.63, 3.8) is 0 Å². The molecule has 1 aromatic heterocycles. The third-order valence-electron chi connectivity index (χ3n) is 6.79. The standard InChI is InChI=1S/C26H36N4O2S/c1-20-6-3-7-22(18-20)29-15-13-28(14-16-29)12-10-21(2)27-26(32)24-9-4-11-30(24)25(31)19-23-8-5-17-33-23/h3,5-8,17-18,21,24H,4,9-16,19H2,1-2H3,(H,27,32). The highest BCUT2D eigenvalue weighted by Crippen LogP contribution is 2.21. The van der Waals surface area contributed by atoms with Crippen LogP contribution in [0.1, 0.15) is 36.6 Å². The molecule has 6 nitrogen and oxygen atoms in total. The first kappa shape index (κ1) is 23.8. The van der Waals surface area contributed by atoms with E-state index in [-0.39, 0.29) is 23.9 Å². The lowest BCUT2D eigenvalue weighted by molar-refractivity contribution is -0.138. The minimum atomic E-state index is -0.321. The van der Waals surface area contributed by atoms with Gasteiger partial charge in [0.05, 0.1) is 6.42 Å². The number of benzene rings is 1. The van der Waals surface area contributed by atoms with Crippen LogP contribution < -0.4 is 10.2 Å². The van der Waals surface area contributed by atoms with E-state index < -0.39 is 0 Å². The van der Waals surface area contributed by atoms with Crippen LogP contribution >= 0.6 is 11.3 Å². The number of thiophene rings is 1. The van der Waals surface area contributed by atoms with Crippen LogP contribution in [0.2, 0.25) is 0 Å². The fourth-order valence-electron chi connectivity index (χ4n) is 4.84. The second-order valence-corrected chi connectivity index (χ2v) is 10.4. The summed E-state index contributed by atoms with van der Waals surface area (Å²) in [5.74, 6) is 0.0676. The molecule has 33 heavy (non-hydrogen) atoms. The molecule has 7 heteroatoms. The largest absolute Gasteiger partial charge is 0.369 e. The third kappa shape index (κ3) is 6.36. The zero-order chi connectivity index (χ0) is 23.2. The Morgan fingerprint density at radius 3 is 2.67 bits per heavy atom. The Morgan fingerprint density at radius 2 is 1.94 bits per heavy atom. The number of amides is 2. The summed E-state index contributed by atoms with van der Waals surface area (Å²) in [5, 5.41) is 5.17. The predicted molar refractivity (Wildman–Crippen MR) is 135 cm³/mol. The summed E-state index contributed by atoms with van der Waals surface area (Å²) in [6, 6.07) is 12.4. The maximum Gasteiger partial charge on any atom is 0.243 e. The van der Waals surface area contributed by atoms with Gasteiger partial charge in [0.15, 0.2) is 0 Å². The number of nitrogens with one attached hydrogen (secondary N) is 1. The predicted octanol–water partition coefficient (Wildman–Crippen LogP) is 3.31. The topological polar surface area (TPSA) is 55.9 Å². The van der Waals surface area contributed by atoms with Crippen molar-refractivity contribution in [3.8, 4) is 0 Å². The van der Waals surface area contributed by atoms with Gasteiger partial charge in [0.2, 0.25) is 11.8 Å². The average Bonchev–Trinajstić information content (AvgIpc) is 3.50. The second kappa shape index (κ2) is 11.2. The molecule has 2 aliphatic rings. The molecule has 0 aliphatic carbocycles. The van der Waals surface area contributed by atoms with Crippen molar-refractivity contribution in [2.45, 2.75) is 51.6 Å². The summed E-state index contributed by atoms with van der Waals surface area (Å²) < 4.78 is 0. The Balaban J connectivity index is 1.19.